The van der Waals surface area contributed by atoms with Crippen LogP contribution in [0.5, 0.6) is 34.5 Å². The molecule has 33 heteroatoms. The van der Waals surface area contributed by atoms with Crippen LogP contribution in [-0.4, -0.2) is 175 Å². The Bertz CT molecular complexity index is 5520. The predicted octanol–water partition coefficient (Wildman–Crippen LogP) is 20.7. The lowest BCUT2D eigenvalue weighted by atomic mass is 9.81. The van der Waals surface area contributed by atoms with Crippen LogP contribution in [0.25, 0.3) is 33.4 Å². The number of piperidine rings is 3. The number of aromatic carboxylic acids is 1. The fourth-order valence-electron chi connectivity index (χ4n) is 14.9. The summed E-state index contributed by atoms with van der Waals surface area (Å²) in [5, 5.41) is 29.7. The zero-order valence-corrected chi connectivity index (χ0v) is 77.2. The Morgan fingerprint density at radius 3 is 0.985 bits per heavy atom. The summed E-state index contributed by atoms with van der Waals surface area (Å²) in [5.74, 6) is -8.70. The van der Waals surface area contributed by atoms with Gasteiger partial charge in [0.2, 0.25) is 0 Å². The van der Waals surface area contributed by atoms with Gasteiger partial charge in [0, 0.05) is 110 Å². The minimum Gasteiger partial charge on any atom is -0.477 e. The molecule has 698 valence electrons. The number of aldehydes is 1. The van der Waals surface area contributed by atoms with Crippen LogP contribution in [-0.2, 0) is 20.8 Å². The number of amides is 6. The number of terminal acetylenes is 1. The molecule has 3 aliphatic rings. The summed E-state index contributed by atoms with van der Waals surface area (Å²) in [6.45, 7) is 34.7. The number of hydrogen-bond acceptors (Lipinski definition) is 15. The second kappa shape index (κ2) is 43.7. The minimum atomic E-state index is -1.30. The number of carbonyl (C=O) groups is 8. The number of aliphatic hydroxyl groups is 1. The van der Waals surface area contributed by atoms with Crippen molar-refractivity contribution >= 4 is 63.7 Å². The molecule has 131 heavy (non-hydrogen) atoms. The van der Waals surface area contributed by atoms with Gasteiger partial charge in [0.15, 0.2) is 58.4 Å². The first kappa shape index (κ1) is 102. The van der Waals surface area contributed by atoms with Crippen molar-refractivity contribution in [3.05, 3.63) is 215 Å². The molecule has 0 bridgehead atoms. The first-order chi connectivity index (χ1) is 62.4. The normalized spacial score (nSPS) is 15.4. The van der Waals surface area contributed by atoms with Gasteiger partial charge >= 0.3 is 24.2 Å². The van der Waals surface area contributed by atoms with Crippen molar-refractivity contribution in [3.63, 3.8) is 0 Å². The van der Waals surface area contributed by atoms with Crippen LogP contribution in [0.3, 0.4) is 0 Å². The highest BCUT2D eigenvalue weighted by molar-refractivity contribution is 6.75. The molecule has 0 saturated carbocycles. The van der Waals surface area contributed by atoms with Gasteiger partial charge < -0.3 is 83.0 Å². The molecule has 3 aromatic heterocycles. The van der Waals surface area contributed by atoms with Crippen molar-refractivity contribution in [2.45, 2.75) is 221 Å². The Labute approximate surface area is 766 Å². The van der Waals surface area contributed by atoms with E-state index in [1.165, 1.54) is 42.5 Å². The van der Waals surface area contributed by atoms with Crippen molar-refractivity contribution in [2.24, 2.45) is 0 Å². The van der Waals surface area contributed by atoms with Gasteiger partial charge in [0.1, 0.15) is 39.7 Å². The molecule has 6 heterocycles. The average molecular weight is 1810 g/mol. The maximum atomic E-state index is 14.1. The number of nitrogens with zero attached hydrogens (tertiary/aromatic N) is 6. The summed E-state index contributed by atoms with van der Waals surface area (Å²) in [6, 6.07) is 28.5. The van der Waals surface area contributed by atoms with Gasteiger partial charge in [-0.3, -0.25) is 19.2 Å². The fraction of sp³-hybridized carbons (Fsp3) is 0.408. The smallest absolute Gasteiger partial charge is 0.410 e. The van der Waals surface area contributed by atoms with Crippen LogP contribution in [0.4, 0.5) is 40.7 Å². The van der Waals surface area contributed by atoms with Gasteiger partial charge in [-0.25, -0.2) is 45.5 Å². The third kappa shape index (κ3) is 28.1. The lowest BCUT2D eigenvalue weighted by Crippen LogP contribution is -2.44. The predicted molar refractivity (Wildman–Crippen MR) is 491 cm³/mol. The molecule has 3 saturated heterocycles. The summed E-state index contributed by atoms with van der Waals surface area (Å²) in [7, 11) is 8.00. The minimum absolute atomic E-state index is 0.0365. The molecule has 4 radical (unpaired) electrons. The third-order valence-electron chi connectivity index (χ3n) is 20.1. The zero-order valence-electron chi connectivity index (χ0n) is 79.2. The zero-order chi connectivity index (χ0) is 99.3. The molecule has 6 aromatic carbocycles. The Morgan fingerprint density at radius 2 is 0.695 bits per heavy atom. The summed E-state index contributed by atoms with van der Waals surface area (Å²) >= 11 is 0. The second-order valence-electron chi connectivity index (χ2n) is 37.5. The molecule has 0 spiro atoms. The molecular weight excluding hydrogens is 1690 g/mol. The van der Waals surface area contributed by atoms with Gasteiger partial charge in [0.05, 0.1) is 52.8 Å². The first-order valence-corrected chi connectivity index (χ1v) is 42.6. The molecular formula is C98H117B2F6N9O16. The van der Waals surface area contributed by atoms with Crippen molar-refractivity contribution < 1.29 is 106 Å². The highest BCUT2D eigenvalue weighted by Crippen LogP contribution is 2.42. The maximum absolute atomic E-state index is 14.1. The molecule has 3 aliphatic heterocycles. The van der Waals surface area contributed by atoms with Gasteiger partial charge in [-0.15, -0.1) is 12.8 Å². The standard InChI is InChI=1S/C32H37F2N3O6.C32H39F2N3O5.C32H37F2N3O5.C2H2.B2.H2/c1-31(2,3)35-28(38)25-22(19-12-14-21(15-13-19)42-27-23(33)10-7-11-24(27)34)18-37(26(25)29(39)40)20-9-8-16-36(17-20)30(41)43-32(4,5)6;2*1-31(2,3)35-29(39)27-23(20-12-14-22(15-13-20)41-28-24(33)10-7-11-25(28)34)18-37(26(27)19-38)21-9-8-16-36(17-21)30(40)42-32(4,5)6;2*1-2;/h7,10-15,18,20H,8-9,16-17H2,1-6H3,(H,35,38)(H,39,40);7,10-15,18,21,38H,8-9,16-17,19H2,1-6H3,(H,35,39);7,10-15,18-19,21H,8-9,16-17H2,1-6H3,(H,35,39);1-2H;;1H/t20-;2*21-;;;/m111.../s1/i;;;;;1+1D. The van der Waals surface area contributed by atoms with Crippen molar-refractivity contribution in [1.29, 1.82) is 0 Å². The van der Waals surface area contributed by atoms with E-state index in [1.807, 2.05) is 73.1 Å². The van der Waals surface area contributed by atoms with Crippen LogP contribution in [0, 0.1) is 47.8 Å². The van der Waals surface area contributed by atoms with Gasteiger partial charge in [0.25, 0.3) is 17.7 Å². The molecule has 3 atom stereocenters. The second-order valence-corrected chi connectivity index (χ2v) is 37.5. The molecule has 25 nitrogen and oxygen atoms in total. The van der Waals surface area contributed by atoms with E-state index in [9.17, 15) is 74.9 Å². The van der Waals surface area contributed by atoms with Crippen molar-refractivity contribution in [2.75, 3.05) is 39.3 Å². The van der Waals surface area contributed by atoms with E-state index in [0.29, 0.717) is 109 Å². The summed E-state index contributed by atoms with van der Waals surface area (Å²) in [6.07, 6.45) is 16.5. The first-order valence-electron chi connectivity index (χ1n) is 43.6. The Kier molecular flexibility index (Phi) is 34.0. The van der Waals surface area contributed by atoms with E-state index in [2.05, 4.69) is 44.3 Å². The Hall–Kier alpha value is -12.9. The highest BCUT2D eigenvalue weighted by atomic mass is 19.2. The van der Waals surface area contributed by atoms with Crippen LogP contribution in [0.1, 0.15) is 242 Å². The number of carboxylic acids is 1. The summed E-state index contributed by atoms with van der Waals surface area (Å²) in [5.41, 5.74) is 0.279. The number of hydrogen-bond donors (Lipinski definition) is 5. The van der Waals surface area contributed by atoms with Crippen LogP contribution in [0.2, 0.25) is 0 Å². The average Bonchev–Trinajstić information content (AvgIpc) is 1.62. The maximum Gasteiger partial charge on any atom is 0.410 e. The summed E-state index contributed by atoms with van der Waals surface area (Å²) < 4.78 is 133. The van der Waals surface area contributed by atoms with Crippen LogP contribution >= 0.6 is 0 Å². The van der Waals surface area contributed by atoms with E-state index in [1.54, 1.807) is 147 Å². The molecule has 9 aromatic rings. The Balaban J connectivity index is 0.000000265. The number of ether oxygens (including phenoxy) is 6. The summed E-state index contributed by atoms with van der Waals surface area (Å²) in [4.78, 5) is 109. The number of likely N-dealkylation sites (tertiary alicyclic amines) is 3. The number of nitrogens with one attached hydrogen (secondary N) is 3. The monoisotopic (exact) mass is 1810 g/mol. The van der Waals surface area contributed by atoms with Crippen LogP contribution < -0.4 is 30.2 Å². The highest BCUT2D eigenvalue weighted by Gasteiger charge is 2.39. The van der Waals surface area contributed by atoms with E-state index >= 15 is 0 Å². The molecule has 6 amide bonds. The quantitative estimate of drug-likeness (QED) is 0.0175. The Morgan fingerprint density at radius 1 is 0.427 bits per heavy atom. The number of carbonyl (C=O) groups excluding carboxylic acids is 7. The fourth-order valence-corrected chi connectivity index (χ4v) is 14.9. The SMILES string of the molecule is C#C.CC(C)(C)NC(=O)c1c(-c2ccc(Oc3c(F)cccc3F)cc2)cn([C@@H]2CCCN(C(=O)OC(C)(C)C)C2)c1C(=O)O.CC(C)(C)NC(=O)c1c(-c2ccc(Oc3c(F)cccc3F)cc2)cn([C@@H]2CCCN(C(=O)OC(C)(C)C)C2)c1C=O.CC(C)(C)NC(=O)c1c(-c2ccc(Oc3c(F)cccc3F)cc2)cn([C@@H]2CCCN(C(=O)OC(C)(C)C)C2)c1CO.[2H][2H].[B][B]. The number of carboxylic acid groups (broad SMARTS) is 1. The number of benzene rings is 6. The lowest BCUT2D eigenvalue weighted by molar-refractivity contribution is 0.0161. The molecule has 5 N–H and O–H groups in total. The third-order valence-corrected chi connectivity index (χ3v) is 20.1. The van der Waals surface area contributed by atoms with E-state index in [0.717, 1.165) is 49.2 Å². The van der Waals surface area contributed by atoms with Gasteiger partial charge in [-0.05, 0) is 253 Å². The van der Waals surface area contributed by atoms with Crippen LogP contribution in [0.15, 0.2) is 146 Å². The number of halogens is 6. The number of para-hydroxylation sites is 3. The lowest BCUT2D eigenvalue weighted by Gasteiger charge is -2.35. The van der Waals surface area contributed by atoms with Gasteiger partial charge in [-0.2, -0.15) is 0 Å². The van der Waals surface area contributed by atoms with Crippen molar-refractivity contribution in [3.8, 4) is 80.7 Å². The molecule has 3 fully saturated rings. The van der Waals surface area contributed by atoms with E-state index in [4.69, 9.17) is 31.4 Å². The number of rotatable bonds is 18. The van der Waals surface area contributed by atoms with E-state index < -0.39 is 134 Å². The van der Waals surface area contributed by atoms with Gasteiger partial charge in [-0.1, -0.05) is 54.6 Å². The number of aromatic nitrogens is 3. The number of aliphatic hydroxyl groups excluding tert-OH is 1. The largest absolute Gasteiger partial charge is 0.477 e. The molecule has 12 rings (SSSR count). The molecule has 0 aliphatic carbocycles. The van der Waals surface area contributed by atoms with Crippen molar-refractivity contribution in [1.82, 2.24) is 44.4 Å². The topological polar surface area (TPSA) is 293 Å². The molecule has 0 unspecified atom stereocenters. The van der Waals surface area contributed by atoms with E-state index in [-0.39, 0.29) is 64.3 Å².